The van der Waals surface area contributed by atoms with E-state index >= 15 is 0 Å². The highest BCUT2D eigenvalue weighted by Crippen LogP contribution is 2.28. The molecule has 0 unspecified atom stereocenters. The Hall–Kier alpha value is -1.88. The number of carbonyl (C=O) groups excluding carboxylic acids is 2. The third-order valence-corrected chi connectivity index (χ3v) is 2.12. The van der Waals surface area contributed by atoms with Crippen LogP contribution in [0.5, 0.6) is 11.5 Å². The van der Waals surface area contributed by atoms with Crippen molar-refractivity contribution in [1.82, 2.24) is 5.32 Å². The topological polar surface area (TPSA) is 75.6 Å². The molecule has 1 rings (SSSR count). The second-order valence-electron chi connectivity index (χ2n) is 3.18. The van der Waals surface area contributed by atoms with Gasteiger partial charge in [-0.05, 0) is 19.2 Å². The summed E-state index contributed by atoms with van der Waals surface area (Å²) in [6, 6.07) is 2.58. The molecule has 5 nitrogen and oxygen atoms in total. The molecular weight excluding hydrogens is 210 g/mol. The molecule has 0 aliphatic heterocycles. The second-order valence-corrected chi connectivity index (χ2v) is 3.18. The van der Waals surface area contributed by atoms with Crippen molar-refractivity contribution in [3.05, 3.63) is 23.3 Å². The smallest absolute Gasteiger partial charge is 0.177 e. The fourth-order valence-corrected chi connectivity index (χ4v) is 1.34. The van der Waals surface area contributed by atoms with Gasteiger partial charge in [0.15, 0.2) is 23.6 Å². The molecule has 5 heteroatoms. The van der Waals surface area contributed by atoms with E-state index in [2.05, 4.69) is 5.32 Å². The van der Waals surface area contributed by atoms with Crippen LogP contribution in [0.15, 0.2) is 12.1 Å². The lowest BCUT2D eigenvalue weighted by atomic mass is 10.0. The molecule has 0 spiro atoms. The summed E-state index contributed by atoms with van der Waals surface area (Å²) in [4.78, 5) is 22.4. The maximum absolute atomic E-state index is 11.6. The quantitative estimate of drug-likeness (QED) is 0.565. The van der Waals surface area contributed by atoms with E-state index in [-0.39, 0.29) is 35.0 Å². The summed E-state index contributed by atoms with van der Waals surface area (Å²) >= 11 is 0. The van der Waals surface area contributed by atoms with Gasteiger partial charge in [-0.3, -0.25) is 9.59 Å². The van der Waals surface area contributed by atoms with Crippen molar-refractivity contribution in [2.75, 3.05) is 20.7 Å². The molecular formula is C11H13NO4. The van der Waals surface area contributed by atoms with Gasteiger partial charge in [0.05, 0.1) is 13.7 Å². The first-order valence-electron chi connectivity index (χ1n) is 4.68. The highest BCUT2D eigenvalue weighted by Gasteiger charge is 2.14. The standard InChI is InChI=1S/C11H13NO4/c1-12-5-10(15)8-4-9(14)11(16-2)3-7(8)6-13/h3-4,6,12,14H,5H2,1-2H3. The van der Waals surface area contributed by atoms with Crippen LogP contribution in [0, 0.1) is 0 Å². The van der Waals surface area contributed by atoms with Crippen LogP contribution in [-0.4, -0.2) is 37.9 Å². The van der Waals surface area contributed by atoms with Gasteiger partial charge in [0.2, 0.25) is 0 Å². The number of methoxy groups -OCH3 is 1. The number of benzene rings is 1. The van der Waals surface area contributed by atoms with Crippen LogP contribution < -0.4 is 10.1 Å². The normalized spacial score (nSPS) is 9.88. The van der Waals surface area contributed by atoms with Gasteiger partial charge in [-0.25, -0.2) is 0 Å². The zero-order valence-corrected chi connectivity index (χ0v) is 9.11. The number of ketones is 1. The van der Waals surface area contributed by atoms with E-state index in [1.54, 1.807) is 7.05 Å². The summed E-state index contributed by atoms with van der Waals surface area (Å²) in [6.07, 6.45) is 0.560. The highest BCUT2D eigenvalue weighted by molar-refractivity contribution is 6.04. The summed E-state index contributed by atoms with van der Waals surface area (Å²) in [5, 5.41) is 12.2. The predicted molar refractivity (Wildman–Crippen MR) is 58.3 cm³/mol. The molecule has 0 aliphatic rings. The molecule has 0 fully saturated rings. The van der Waals surface area contributed by atoms with Crippen LogP contribution in [0.3, 0.4) is 0 Å². The van der Waals surface area contributed by atoms with Crippen LogP contribution in [0.1, 0.15) is 20.7 Å². The zero-order chi connectivity index (χ0) is 12.1. The Kier molecular flexibility index (Phi) is 4.02. The first-order valence-corrected chi connectivity index (χ1v) is 4.68. The first kappa shape index (κ1) is 12.2. The van der Waals surface area contributed by atoms with Gasteiger partial charge in [-0.2, -0.15) is 0 Å². The lowest BCUT2D eigenvalue weighted by Gasteiger charge is -2.08. The monoisotopic (exact) mass is 223 g/mol. The number of phenolic OH excluding ortho intramolecular Hbond substituents is 1. The summed E-state index contributed by atoms with van der Waals surface area (Å²) in [6.45, 7) is 0.104. The molecule has 16 heavy (non-hydrogen) atoms. The molecule has 0 bridgehead atoms. The molecule has 86 valence electrons. The summed E-state index contributed by atoms with van der Waals surface area (Å²) in [7, 11) is 3.00. The minimum Gasteiger partial charge on any atom is -0.504 e. The molecule has 0 aromatic heterocycles. The van der Waals surface area contributed by atoms with Gasteiger partial charge in [-0.15, -0.1) is 0 Å². The van der Waals surface area contributed by atoms with Gasteiger partial charge < -0.3 is 15.2 Å². The fraction of sp³-hybridized carbons (Fsp3) is 0.273. The summed E-state index contributed by atoms with van der Waals surface area (Å²) in [5.41, 5.74) is 0.387. The minimum absolute atomic E-state index is 0.104. The maximum atomic E-state index is 11.6. The number of likely N-dealkylation sites (N-methyl/N-ethyl adjacent to an activating group) is 1. The Morgan fingerprint density at radius 1 is 1.56 bits per heavy atom. The largest absolute Gasteiger partial charge is 0.504 e. The van der Waals surface area contributed by atoms with Crippen LogP contribution in [0.2, 0.25) is 0 Å². The molecule has 0 saturated heterocycles. The Labute approximate surface area is 93.0 Å². The molecule has 1 aromatic rings. The highest BCUT2D eigenvalue weighted by atomic mass is 16.5. The first-order chi connectivity index (χ1) is 7.63. The van der Waals surface area contributed by atoms with Crippen molar-refractivity contribution >= 4 is 12.1 Å². The summed E-state index contributed by atoms with van der Waals surface area (Å²) in [5.74, 6) is -0.252. The molecule has 0 radical (unpaired) electrons. The Balaban J connectivity index is 3.22. The van der Waals surface area contributed by atoms with Gasteiger partial charge >= 0.3 is 0 Å². The van der Waals surface area contributed by atoms with E-state index in [0.29, 0.717) is 6.29 Å². The number of nitrogens with one attached hydrogen (secondary N) is 1. The molecule has 1 aromatic carbocycles. The average molecular weight is 223 g/mol. The number of rotatable bonds is 5. The molecule has 0 aliphatic carbocycles. The molecule has 0 heterocycles. The van der Waals surface area contributed by atoms with Crippen molar-refractivity contribution in [3.63, 3.8) is 0 Å². The number of hydrogen-bond acceptors (Lipinski definition) is 5. The van der Waals surface area contributed by atoms with E-state index < -0.39 is 0 Å². The zero-order valence-electron chi connectivity index (χ0n) is 9.11. The average Bonchev–Trinajstić information content (AvgIpc) is 2.29. The van der Waals surface area contributed by atoms with Crippen LogP contribution in [0.25, 0.3) is 0 Å². The summed E-state index contributed by atoms with van der Waals surface area (Å²) < 4.78 is 4.85. The number of hydrogen-bond donors (Lipinski definition) is 2. The Bertz CT molecular complexity index is 415. The SMILES string of the molecule is CNCC(=O)c1cc(O)c(OC)cc1C=O. The third kappa shape index (κ3) is 2.38. The molecule has 0 saturated carbocycles. The van der Waals surface area contributed by atoms with Crippen molar-refractivity contribution in [1.29, 1.82) is 0 Å². The van der Waals surface area contributed by atoms with E-state index in [4.69, 9.17) is 4.74 Å². The van der Waals surface area contributed by atoms with Gasteiger partial charge in [-0.1, -0.05) is 0 Å². The molecule has 2 N–H and O–H groups in total. The lowest BCUT2D eigenvalue weighted by Crippen LogP contribution is -2.19. The number of aldehydes is 1. The molecule has 0 amide bonds. The number of aromatic hydroxyl groups is 1. The van der Waals surface area contributed by atoms with E-state index in [1.165, 1.54) is 19.2 Å². The van der Waals surface area contributed by atoms with Gasteiger partial charge in [0, 0.05) is 11.1 Å². The Morgan fingerprint density at radius 2 is 2.25 bits per heavy atom. The second kappa shape index (κ2) is 5.27. The van der Waals surface area contributed by atoms with E-state index in [0.717, 1.165) is 0 Å². The number of Topliss-reactive ketones (excluding diaryl/α,β-unsaturated/α-hetero) is 1. The van der Waals surface area contributed by atoms with Gasteiger partial charge in [0.1, 0.15) is 0 Å². The fourth-order valence-electron chi connectivity index (χ4n) is 1.34. The predicted octanol–water partition coefficient (Wildman–Crippen LogP) is 0.615. The minimum atomic E-state index is -0.262. The lowest BCUT2D eigenvalue weighted by molar-refractivity contribution is 0.0986. The third-order valence-electron chi connectivity index (χ3n) is 2.12. The van der Waals surface area contributed by atoms with Crippen molar-refractivity contribution in [3.8, 4) is 11.5 Å². The number of carbonyl (C=O) groups is 2. The van der Waals surface area contributed by atoms with Crippen molar-refractivity contribution in [2.24, 2.45) is 0 Å². The Morgan fingerprint density at radius 3 is 2.75 bits per heavy atom. The van der Waals surface area contributed by atoms with Crippen molar-refractivity contribution < 1.29 is 19.4 Å². The molecule has 0 atom stereocenters. The van der Waals surface area contributed by atoms with Crippen LogP contribution >= 0.6 is 0 Å². The number of phenols is 1. The van der Waals surface area contributed by atoms with E-state index in [9.17, 15) is 14.7 Å². The van der Waals surface area contributed by atoms with E-state index in [1.807, 2.05) is 0 Å². The number of ether oxygens (including phenoxy) is 1. The maximum Gasteiger partial charge on any atom is 0.177 e. The van der Waals surface area contributed by atoms with Crippen LogP contribution in [0.4, 0.5) is 0 Å². The van der Waals surface area contributed by atoms with Crippen molar-refractivity contribution in [2.45, 2.75) is 0 Å². The van der Waals surface area contributed by atoms with Crippen LogP contribution in [-0.2, 0) is 0 Å². The van der Waals surface area contributed by atoms with Gasteiger partial charge in [0.25, 0.3) is 0 Å².